The van der Waals surface area contributed by atoms with Crippen molar-refractivity contribution < 1.29 is 23.8 Å². The molecule has 0 radical (unpaired) electrons. The van der Waals surface area contributed by atoms with Gasteiger partial charge in [-0.15, -0.1) is 0 Å². The third kappa shape index (κ3) is 2.92. The van der Waals surface area contributed by atoms with Gasteiger partial charge in [0, 0.05) is 18.1 Å². The maximum absolute atomic E-state index is 12.7. The zero-order valence-corrected chi connectivity index (χ0v) is 14.3. The van der Waals surface area contributed by atoms with Crippen LogP contribution in [0.1, 0.15) is 36.0 Å². The third-order valence-electron chi connectivity index (χ3n) is 5.26. The van der Waals surface area contributed by atoms with Gasteiger partial charge in [0.05, 0.1) is 32.6 Å². The number of amides is 1. The SMILES string of the molecule is COC(=O)c1cc(OC)c(OC)cc1NC(=O)[C@@H]1C[C@H]2CC[C@H]1C2. The Morgan fingerprint density at radius 1 is 1.04 bits per heavy atom. The Bertz CT molecular complexity index is 657. The summed E-state index contributed by atoms with van der Waals surface area (Å²) in [4.78, 5) is 24.7. The van der Waals surface area contributed by atoms with Crippen molar-refractivity contribution in [3.63, 3.8) is 0 Å². The lowest BCUT2D eigenvalue weighted by atomic mass is 9.88. The summed E-state index contributed by atoms with van der Waals surface area (Å²) in [6.45, 7) is 0. The summed E-state index contributed by atoms with van der Waals surface area (Å²) in [5.74, 6) is 1.48. The second kappa shape index (κ2) is 6.71. The zero-order valence-electron chi connectivity index (χ0n) is 14.3. The van der Waals surface area contributed by atoms with E-state index < -0.39 is 5.97 Å². The molecule has 3 atom stereocenters. The van der Waals surface area contributed by atoms with Crippen molar-refractivity contribution >= 4 is 17.6 Å². The van der Waals surface area contributed by atoms with Crippen LogP contribution in [0.3, 0.4) is 0 Å². The molecule has 1 amide bonds. The number of hydrogen-bond acceptors (Lipinski definition) is 5. The molecule has 3 rings (SSSR count). The van der Waals surface area contributed by atoms with Crippen LogP contribution in [-0.2, 0) is 9.53 Å². The van der Waals surface area contributed by atoms with Crippen molar-refractivity contribution in [1.82, 2.24) is 0 Å². The average molecular weight is 333 g/mol. The van der Waals surface area contributed by atoms with Crippen LogP contribution in [0, 0.1) is 17.8 Å². The minimum absolute atomic E-state index is 0.0282. The molecular weight excluding hydrogens is 310 g/mol. The highest BCUT2D eigenvalue weighted by Gasteiger charge is 2.43. The second-order valence-electron chi connectivity index (χ2n) is 6.51. The lowest BCUT2D eigenvalue weighted by Gasteiger charge is -2.22. The van der Waals surface area contributed by atoms with E-state index in [-0.39, 0.29) is 17.4 Å². The van der Waals surface area contributed by atoms with E-state index in [9.17, 15) is 9.59 Å². The van der Waals surface area contributed by atoms with E-state index in [2.05, 4.69) is 5.32 Å². The highest BCUT2D eigenvalue weighted by atomic mass is 16.5. The molecule has 0 saturated heterocycles. The topological polar surface area (TPSA) is 73.9 Å². The fraction of sp³-hybridized carbons (Fsp3) is 0.556. The van der Waals surface area contributed by atoms with Gasteiger partial charge in [0.15, 0.2) is 11.5 Å². The van der Waals surface area contributed by atoms with Crippen LogP contribution < -0.4 is 14.8 Å². The third-order valence-corrected chi connectivity index (χ3v) is 5.26. The van der Waals surface area contributed by atoms with Gasteiger partial charge in [-0.2, -0.15) is 0 Å². The lowest BCUT2D eigenvalue weighted by molar-refractivity contribution is -0.121. The quantitative estimate of drug-likeness (QED) is 0.839. The van der Waals surface area contributed by atoms with Crippen LogP contribution in [0.25, 0.3) is 0 Å². The van der Waals surface area contributed by atoms with Crippen molar-refractivity contribution in [1.29, 1.82) is 0 Å². The van der Waals surface area contributed by atoms with E-state index in [4.69, 9.17) is 14.2 Å². The van der Waals surface area contributed by atoms with Crippen molar-refractivity contribution in [3.8, 4) is 11.5 Å². The summed E-state index contributed by atoms with van der Waals surface area (Å²) in [5.41, 5.74) is 0.652. The Hall–Kier alpha value is -2.24. The van der Waals surface area contributed by atoms with E-state index in [1.165, 1.54) is 33.8 Å². The first-order valence-corrected chi connectivity index (χ1v) is 8.22. The maximum Gasteiger partial charge on any atom is 0.340 e. The number of hydrogen-bond donors (Lipinski definition) is 1. The minimum atomic E-state index is -0.529. The summed E-state index contributed by atoms with van der Waals surface area (Å²) in [6.07, 6.45) is 4.45. The van der Waals surface area contributed by atoms with E-state index in [1.807, 2.05) is 0 Å². The van der Waals surface area contributed by atoms with Crippen molar-refractivity contribution in [3.05, 3.63) is 17.7 Å². The maximum atomic E-state index is 12.7. The molecule has 0 aliphatic heterocycles. The standard InChI is InChI=1S/C18H23NO5/c1-22-15-8-13(18(21)24-3)14(9-16(15)23-2)19-17(20)12-7-10-4-5-11(12)6-10/h8-12H,4-7H2,1-3H3,(H,19,20)/t10-,11-,12+/m0/s1. The summed E-state index contributed by atoms with van der Waals surface area (Å²) in [7, 11) is 4.31. The largest absolute Gasteiger partial charge is 0.493 e. The summed E-state index contributed by atoms with van der Waals surface area (Å²) in [5, 5.41) is 2.90. The van der Waals surface area contributed by atoms with Gasteiger partial charge in [-0.1, -0.05) is 6.42 Å². The Morgan fingerprint density at radius 2 is 1.75 bits per heavy atom. The first-order valence-electron chi connectivity index (χ1n) is 8.22. The number of methoxy groups -OCH3 is 3. The summed E-state index contributed by atoms with van der Waals surface area (Å²) < 4.78 is 15.3. The van der Waals surface area contributed by atoms with Gasteiger partial charge in [-0.3, -0.25) is 4.79 Å². The summed E-state index contributed by atoms with van der Waals surface area (Å²) >= 11 is 0. The fourth-order valence-corrected chi connectivity index (χ4v) is 4.05. The molecule has 130 valence electrons. The molecule has 24 heavy (non-hydrogen) atoms. The Labute approximate surface area is 141 Å². The van der Waals surface area contributed by atoms with Crippen molar-refractivity contribution in [2.75, 3.05) is 26.6 Å². The molecule has 2 aliphatic carbocycles. The molecule has 1 N–H and O–H groups in total. The number of fused-ring (bicyclic) bond motifs is 2. The highest BCUT2D eigenvalue weighted by Crippen LogP contribution is 2.48. The van der Waals surface area contributed by atoms with Crippen LogP contribution >= 0.6 is 0 Å². The normalized spacial score (nSPS) is 24.5. The molecule has 2 fully saturated rings. The number of benzene rings is 1. The minimum Gasteiger partial charge on any atom is -0.493 e. The van der Waals surface area contributed by atoms with Gasteiger partial charge >= 0.3 is 5.97 Å². The summed E-state index contributed by atoms with van der Waals surface area (Å²) in [6, 6.07) is 3.14. The molecule has 0 heterocycles. The highest BCUT2D eigenvalue weighted by molar-refractivity contribution is 6.03. The van der Waals surface area contributed by atoms with Gasteiger partial charge in [-0.05, 0) is 31.1 Å². The number of carbonyl (C=O) groups is 2. The van der Waals surface area contributed by atoms with Crippen LogP contribution in [0.5, 0.6) is 11.5 Å². The van der Waals surface area contributed by atoms with Crippen LogP contribution in [-0.4, -0.2) is 33.2 Å². The number of nitrogens with one attached hydrogen (secondary N) is 1. The molecule has 2 aliphatic rings. The Morgan fingerprint density at radius 3 is 2.29 bits per heavy atom. The zero-order chi connectivity index (χ0) is 17.3. The number of esters is 1. The van der Waals surface area contributed by atoms with Gasteiger partial charge in [-0.25, -0.2) is 4.79 Å². The molecule has 2 bridgehead atoms. The molecule has 2 saturated carbocycles. The van der Waals surface area contributed by atoms with E-state index in [0.29, 0.717) is 29.0 Å². The van der Waals surface area contributed by atoms with E-state index >= 15 is 0 Å². The van der Waals surface area contributed by atoms with E-state index in [0.717, 1.165) is 19.3 Å². The number of anilines is 1. The Kier molecular flexibility index (Phi) is 4.64. The molecule has 6 heteroatoms. The predicted octanol–water partition coefficient (Wildman–Crippen LogP) is 2.87. The number of carbonyl (C=O) groups excluding carboxylic acids is 2. The molecule has 0 aromatic heterocycles. The van der Waals surface area contributed by atoms with Crippen LogP contribution in [0.4, 0.5) is 5.69 Å². The van der Waals surface area contributed by atoms with Gasteiger partial charge in [0.2, 0.25) is 5.91 Å². The molecule has 1 aromatic rings. The van der Waals surface area contributed by atoms with Gasteiger partial charge in [0.1, 0.15) is 0 Å². The number of rotatable bonds is 5. The molecule has 1 aromatic carbocycles. The van der Waals surface area contributed by atoms with Gasteiger partial charge < -0.3 is 19.5 Å². The van der Waals surface area contributed by atoms with Crippen molar-refractivity contribution in [2.24, 2.45) is 17.8 Å². The Balaban J connectivity index is 1.87. The van der Waals surface area contributed by atoms with Crippen LogP contribution in [0.15, 0.2) is 12.1 Å². The van der Waals surface area contributed by atoms with Gasteiger partial charge in [0.25, 0.3) is 0 Å². The smallest absolute Gasteiger partial charge is 0.340 e. The predicted molar refractivity (Wildman–Crippen MR) is 88.5 cm³/mol. The first-order chi connectivity index (χ1) is 11.6. The lowest BCUT2D eigenvalue weighted by Crippen LogP contribution is -2.28. The number of ether oxygens (including phenoxy) is 3. The molecule has 0 spiro atoms. The molecule has 6 nitrogen and oxygen atoms in total. The fourth-order valence-electron chi connectivity index (χ4n) is 4.05. The second-order valence-corrected chi connectivity index (χ2v) is 6.51. The molecule has 0 unspecified atom stereocenters. The van der Waals surface area contributed by atoms with Crippen LogP contribution in [0.2, 0.25) is 0 Å². The molecular formula is C18H23NO5. The van der Waals surface area contributed by atoms with E-state index in [1.54, 1.807) is 6.07 Å². The van der Waals surface area contributed by atoms with Crippen molar-refractivity contribution in [2.45, 2.75) is 25.7 Å². The average Bonchev–Trinajstić information content (AvgIpc) is 3.23. The first kappa shape index (κ1) is 16.6. The monoisotopic (exact) mass is 333 g/mol.